The van der Waals surface area contributed by atoms with Crippen molar-refractivity contribution in [2.45, 2.75) is 25.1 Å². The van der Waals surface area contributed by atoms with E-state index in [1.54, 1.807) is 13.2 Å². The van der Waals surface area contributed by atoms with Crippen molar-refractivity contribution < 1.29 is 27.5 Å². The molecule has 0 radical (unpaired) electrons. The normalized spacial score (nSPS) is 17.9. The van der Waals surface area contributed by atoms with E-state index in [-0.39, 0.29) is 6.54 Å². The molecule has 1 heterocycles. The van der Waals surface area contributed by atoms with Gasteiger partial charge in [-0.15, -0.1) is 5.06 Å². The van der Waals surface area contributed by atoms with Gasteiger partial charge in [0.25, 0.3) is 0 Å². The first-order valence-electron chi connectivity index (χ1n) is 8.19. The van der Waals surface area contributed by atoms with Gasteiger partial charge in [-0.2, -0.15) is 13.2 Å². The molecule has 26 heavy (non-hydrogen) atoms. The number of carbonyl (C=O) groups excluding carboxylic acids is 1. The van der Waals surface area contributed by atoms with Crippen LogP contribution in [0.3, 0.4) is 0 Å². The molecule has 0 bridgehead atoms. The topological polar surface area (TPSA) is 38.8 Å². The summed E-state index contributed by atoms with van der Waals surface area (Å²) in [6, 6.07) is 14.7. The molecule has 0 amide bonds. The fourth-order valence-electron chi connectivity index (χ4n) is 3.11. The number of nitrogens with zero attached hydrogens (tertiary/aromatic N) is 1. The Balaban J connectivity index is 1.85. The number of rotatable bonds is 4. The van der Waals surface area contributed by atoms with Gasteiger partial charge in [-0.25, -0.2) is 4.79 Å². The van der Waals surface area contributed by atoms with Crippen LogP contribution in [-0.2, 0) is 9.63 Å². The number of carbonyl (C=O) groups is 1. The lowest BCUT2D eigenvalue weighted by atomic mass is 9.98. The highest BCUT2D eigenvalue weighted by molar-refractivity contribution is 5.75. The van der Waals surface area contributed by atoms with Gasteiger partial charge in [-0.3, -0.25) is 0 Å². The van der Waals surface area contributed by atoms with Gasteiger partial charge >= 0.3 is 12.1 Å². The van der Waals surface area contributed by atoms with Crippen LogP contribution in [0.5, 0.6) is 5.75 Å². The fraction of sp³-hybridized carbons (Fsp3) is 0.316. The summed E-state index contributed by atoms with van der Waals surface area (Å²) in [6.07, 6.45) is -3.78. The van der Waals surface area contributed by atoms with Crippen LogP contribution in [0.15, 0.2) is 48.5 Å². The summed E-state index contributed by atoms with van der Waals surface area (Å²) >= 11 is 0. The molecule has 0 aromatic heterocycles. The smallest absolute Gasteiger partial charge is 0.492 e. The first-order chi connectivity index (χ1) is 12.4. The van der Waals surface area contributed by atoms with Gasteiger partial charge in [0.05, 0.1) is 13.2 Å². The van der Waals surface area contributed by atoms with E-state index < -0.39 is 18.2 Å². The van der Waals surface area contributed by atoms with Crippen molar-refractivity contribution in [3.05, 3.63) is 54.1 Å². The van der Waals surface area contributed by atoms with Crippen molar-refractivity contribution in [3.8, 4) is 16.9 Å². The van der Waals surface area contributed by atoms with Crippen molar-refractivity contribution in [1.29, 1.82) is 0 Å². The van der Waals surface area contributed by atoms with E-state index in [4.69, 9.17) is 4.74 Å². The minimum Gasteiger partial charge on any atom is -0.496 e. The standard InChI is InChI=1S/C19H18F3NO3/c1-25-17-12-14(9-10-15(17)13-6-3-2-4-7-13)16-8-5-11-23(16)26-18(24)19(20,21)22/h2-4,6-7,9-10,12,16H,5,8,11H2,1H3. The second-order valence-corrected chi connectivity index (χ2v) is 6.00. The van der Waals surface area contributed by atoms with Crippen molar-refractivity contribution in [2.24, 2.45) is 0 Å². The summed E-state index contributed by atoms with van der Waals surface area (Å²) in [5, 5.41) is 1.10. The summed E-state index contributed by atoms with van der Waals surface area (Å²) in [5.41, 5.74) is 2.60. The largest absolute Gasteiger partial charge is 0.496 e. The van der Waals surface area contributed by atoms with E-state index in [0.717, 1.165) is 21.8 Å². The second-order valence-electron chi connectivity index (χ2n) is 6.00. The van der Waals surface area contributed by atoms with E-state index in [2.05, 4.69) is 4.84 Å². The zero-order chi connectivity index (χ0) is 18.7. The molecule has 4 nitrogen and oxygen atoms in total. The molecule has 2 aromatic rings. The number of hydroxylamine groups is 2. The average Bonchev–Trinajstić information content (AvgIpc) is 3.09. The SMILES string of the molecule is COc1cc(C2CCCN2OC(=O)C(F)(F)F)ccc1-c1ccccc1. The Labute approximate surface area is 149 Å². The second kappa shape index (κ2) is 7.37. The lowest BCUT2D eigenvalue weighted by molar-refractivity contribution is -0.242. The first kappa shape index (κ1) is 18.3. The monoisotopic (exact) mass is 365 g/mol. The molecule has 1 aliphatic heterocycles. The third kappa shape index (κ3) is 3.83. The summed E-state index contributed by atoms with van der Waals surface area (Å²) in [5.74, 6) is -1.58. The lowest BCUT2D eigenvalue weighted by Gasteiger charge is -2.24. The predicted molar refractivity (Wildman–Crippen MR) is 89.3 cm³/mol. The Kier molecular flexibility index (Phi) is 5.18. The first-order valence-corrected chi connectivity index (χ1v) is 8.19. The number of methoxy groups -OCH3 is 1. The molecule has 1 fully saturated rings. The maximum absolute atomic E-state index is 12.5. The molecule has 1 aliphatic rings. The Morgan fingerprint density at radius 2 is 1.88 bits per heavy atom. The number of ether oxygens (including phenoxy) is 1. The predicted octanol–water partition coefficient (Wildman–Crippen LogP) is 4.52. The van der Waals surface area contributed by atoms with Crippen molar-refractivity contribution in [1.82, 2.24) is 5.06 Å². The molecule has 0 N–H and O–H groups in total. The van der Waals surface area contributed by atoms with Gasteiger partial charge in [-0.1, -0.05) is 42.5 Å². The van der Waals surface area contributed by atoms with Crippen molar-refractivity contribution >= 4 is 5.97 Å². The highest BCUT2D eigenvalue weighted by atomic mass is 19.4. The zero-order valence-corrected chi connectivity index (χ0v) is 14.1. The van der Waals surface area contributed by atoms with Crippen LogP contribution < -0.4 is 4.74 Å². The minimum atomic E-state index is -5.01. The number of alkyl halides is 3. The van der Waals surface area contributed by atoms with Crippen LogP contribution in [0, 0.1) is 0 Å². The molecule has 0 aliphatic carbocycles. The van der Waals surface area contributed by atoms with Crippen LogP contribution in [0.1, 0.15) is 24.4 Å². The van der Waals surface area contributed by atoms with Gasteiger partial charge in [0.1, 0.15) is 5.75 Å². The quantitative estimate of drug-likeness (QED) is 0.799. The number of halogens is 3. The highest BCUT2D eigenvalue weighted by Gasteiger charge is 2.44. The van der Waals surface area contributed by atoms with Crippen LogP contribution in [0.2, 0.25) is 0 Å². The van der Waals surface area contributed by atoms with E-state index in [9.17, 15) is 18.0 Å². The van der Waals surface area contributed by atoms with E-state index >= 15 is 0 Å². The Morgan fingerprint density at radius 1 is 1.15 bits per heavy atom. The molecular formula is C19H18F3NO3. The van der Waals surface area contributed by atoms with Gasteiger partial charge < -0.3 is 9.57 Å². The lowest BCUT2D eigenvalue weighted by Crippen LogP contribution is -2.34. The average molecular weight is 365 g/mol. The van der Waals surface area contributed by atoms with Gasteiger partial charge in [0, 0.05) is 12.1 Å². The minimum absolute atomic E-state index is 0.259. The number of hydrogen-bond donors (Lipinski definition) is 0. The van der Waals surface area contributed by atoms with Crippen LogP contribution in [0.4, 0.5) is 13.2 Å². The van der Waals surface area contributed by atoms with Crippen LogP contribution in [-0.4, -0.2) is 30.9 Å². The molecule has 3 rings (SSSR count). The van der Waals surface area contributed by atoms with E-state index in [1.807, 2.05) is 42.5 Å². The molecular weight excluding hydrogens is 347 g/mol. The third-order valence-electron chi connectivity index (χ3n) is 4.33. The summed E-state index contributed by atoms with van der Waals surface area (Å²) in [6.45, 7) is 0.259. The van der Waals surface area contributed by atoms with Gasteiger partial charge in [-0.05, 0) is 30.0 Å². The van der Waals surface area contributed by atoms with E-state index in [0.29, 0.717) is 18.6 Å². The molecule has 7 heteroatoms. The molecule has 1 atom stereocenters. The number of hydrogen-bond acceptors (Lipinski definition) is 4. The maximum atomic E-state index is 12.5. The molecule has 1 saturated heterocycles. The molecule has 1 unspecified atom stereocenters. The fourth-order valence-corrected chi connectivity index (χ4v) is 3.11. The Hall–Kier alpha value is -2.54. The zero-order valence-electron chi connectivity index (χ0n) is 14.1. The molecule has 2 aromatic carbocycles. The van der Waals surface area contributed by atoms with Gasteiger partial charge in [0.2, 0.25) is 0 Å². The molecule has 0 spiro atoms. The summed E-state index contributed by atoms with van der Waals surface area (Å²) < 4.78 is 42.9. The number of benzene rings is 2. The summed E-state index contributed by atoms with van der Waals surface area (Å²) in [7, 11) is 1.54. The van der Waals surface area contributed by atoms with Crippen molar-refractivity contribution in [2.75, 3.05) is 13.7 Å². The maximum Gasteiger partial charge on any atom is 0.492 e. The summed E-state index contributed by atoms with van der Waals surface area (Å²) in [4.78, 5) is 15.7. The van der Waals surface area contributed by atoms with Crippen LogP contribution >= 0.6 is 0 Å². The van der Waals surface area contributed by atoms with Crippen LogP contribution in [0.25, 0.3) is 11.1 Å². The Morgan fingerprint density at radius 3 is 2.54 bits per heavy atom. The molecule has 0 saturated carbocycles. The van der Waals surface area contributed by atoms with Crippen molar-refractivity contribution in [3.63, 3.8) is 0 Å². The highest BCUT2D eigenvalue weighted by Crippen LogP contribution is 2.38. The molecule has 138 valence electrons. The Bertz CT molecular complexity index is 777. The van der Waals surface area contributed by atoms with Gasteiger partial charge in [0.15, 0.2) is 0 Å². The third-order valence-corrected chi connectivity index (χ3v) is 4.33. The van der Waals surface area contributed by atoms with E-state index in [1.165, 1.54) is 0 Å².